The van der Waals surface area contributed by atoms with Gasteiger partial charge in [-0.2, -0.15) is 0 Å². The number of nitrogens with zero attached hydrogens (tertiary/aromatic N) is 1. The lowest BCUT2D eigenvalue weighted by molar-refractivity contribution is -0.138. The van der Waals surface area contributed by atoms with E-state index >= 15 is 0 Å². The summed E-state index contributed by atoms with van der Waals surface area (Å²) < 4.78 is 12.0. The molecule has 1 aliphatic rings. The molecule has 6 nitrogen and oxygen atoms in total. The molecule has 0 saturated heterocycles. The highest BCUT2D eigenvalue weighted by molar-refractivity contribution is 9.11. The average Bonchev–Trinajstić information content (AvgIpc) is 3.03. The first-order chi connectivity index (χ1) is 15.3. The lowest BCUT2D eigenvalue weighted by Crippen LogP contribution is -2.14. The zero-order valence-corrected chi connectivity index (χ0v) is 21.4. The molecular weight excluding hydrogens is 562 g/mol. The van der Waals surface area contributed by atoms with E-state index in [0.717, 1.165) is 21.8 Å². The monoisotopic (exact) mass is 579 g/mol. The summed E-state index contributed by atoms with van der Waals surface area (Å²) in [5.41, 5.74) is 1.68. The summed E-state index contributed by atoms with van der Waals surface area (Å²) in [7, 11) is 1.53. The third kappa shape index (κ3) is 5.16. The number of ether oxygens (including phenoxy) is 2. The van der Waals surface area contributed by atoms with Gasteiger partial charge in [-0.3, -0.25) is 4.79 Å². The molecule has 32 heavy (non-hydrogen) atoms. The van der Waals surface area contributed by atoms with E-state index in [1.165, 1.54) is 7.11 Å². The Kier molecular flexibility index (Phi) is 7.97. The average molecular weight is 581 g/mol. The Hall–Kier alpha value is -2.36. The van der Waals surface area contributed by atoms with Crippen molar-refractivity contribution in [2.45, 2.75) is 13.8 Å². The van der Waals surface area contributed by atoms with Gasteiger partial charge in [-0.25, -0.2) is 9.79 Å². The van der Waals surface area contributed by atoms with Crippen molar-refractivity contribution in [3.8, 4) is 5.75 Å². The summed E-state index contributed by atoms with van der Waals surface area (Å²) in [6, 6.07) is 10.7. The molecule has 0 aliphatic carbocycles. The third-order valence-corrected chi connectivity index (χ3v) is 6.54. The van der Waals surface area contributed by atoms with Crippen molar-refractivity contribution in [1.29, 1.82) is 0 Å². The molecule has 9 heteroatoms. The van der Waals surface area contributed by atoms with Crippen molar-refractivity contribution in [1.82, 2.24) is 0 Å². The molecule has 0 bridgehead atoms. The molecule has 0 fully saturated rings. The Bertz CT molecular complexity index is 1190. The fourth-order valence-electron chi connectivity index (χ4n) is 3.00. The van der Waals surface area contributed by atoms with Crippen molar-refractivity contribution >= 4 is 66.6 Å². The molecule has 0 atom stereocenters. The van der Waals surface area contributed by atoms with E-state index in [-0.39, 0.29) is 23.0 Å². The fourth-order valence-corrected chi connectivity index (χ4v) is 5.42. The van der Waals surface area contributed by atoms with Crippen LogP contribution >= 0.6 is 43.6 Å². The second-order valence-electron chi connectivity index (χ2n) is 6.60. The number of carbonyl (C=O) groups is 2. The second-order valence-corrected chi connectivity index (χ2v) is 9.40. The van der Waals surface area contributed by atoms with E-state index in [4.69, 9.17) is 9.47 Å². The maximum absolute atomic E-state index is 12.8. The number of esters is 1. The van der Waals surface area contributed by atoms with Gasteiger partial charge in [-0.1, -0.05) is 45.9 Å². The smallest absolute Gasteiger partial charge is 0.344 e. The Morgan fingerprint density at radius 2 is 1.94 bits per heavy atom. The van der Waals surface area contributed by atoms with Crippen molar-refractivity contribution in [3.05, 3.63) is 78.3 Å². The van der Waals surface area contributed by atoms with Crippen LogP contribution in [0.15, 0.2) is 66.6 Å². The lowest BCUT2D eigenvalue weighted by Gasteiger charge is -2.09. The minimum absolute atomic E-state index is 0.0773. The minimum atomic E-state index is -0.750. The van der Waals surface area contributed by atoms with E-state index < -0.39 is 11.9 Å². The van der Waals surface area contributed by atoms with E-state index in [0.29, 0.717) is 26.3 Å². The van der Waals surface area contributed by atoms with Crippen molar-refractivity contribution in [3.63, 3.8) is 0 Å². The molecule has 0 aromatic heterocycles. The number of hydrogen-bond donors (Lipinski definition) is 1. The van der Waals surface area contributed by atoms with E-state index in [1.807, 2.05) is 18.2 Å². The molecule has 166 valence electrons. The first-order valence-electron chi connectivity index (χ1n) is 9.49. The Labute approximate surface area is 206 Å². The van der Waals surface area contributed by atoms with Crippen molar-refractivity contribution < 1.29 is 24.2 Å². The quantitative estimate of drug-likeness (QED) is 0.422. The topological polar surface area (TPSA) is 85.2 Å². The first-order valence-corrected chi connectivity index (χ1v) is 11.9. The van der Waals surface area contributed by atoms with Gasteiger partial charge in [0, 0.05) is 15.6 Å². The number of aryl methyl sites for hydroxylation is 1. The van der Waals surface area contributed by atoms with Crippen molar-refractivity contribution in [2.24, 2.45) is 4.99 Å². The third-order valence-electron chi connectivity index (χ3n) is 4.48. The number of aliphatic hydroxyl groups excluding tert-OH is 1. The SMILES string of the molecule is CCOC(=O)C1=C(O)/C(=C/c2cc(Br)cc(Br)c2OC)SC1=NC(=O)c1ccccc1C. The summed E-state index contributed by atoms with van der Waals surface area (Å²) >= 11 is 7.90. The van der Waals surface area contributed by atoms with Crippen LogP contribution in [0.3, 0.4) is 0 Å². The summed E-state index contributed by atoms with van der Waals surface area (Å²) in [4.78, 5) is 29.9. The lowest BCUT2D eigenvalue weighted by atomic mass is 10.1. The van der Waals surface area contributed by atoms with Crippen LogP contribution in [0.5, 0.6) is 5.75 Å². The van der Waals surface area contributed by atoms with Gasteiger partial charge in [0.25, 0.3) is 5.91 Å². The molecule has 0 unspecified atom stereocenters. The van der Waals surface area contributed by atoms with Crippen LogP contribution in [0.25, 0.3) is 6.08 Å². The van der Waals surface area contributed by atoms with Gasteiger partial charge < -0.3 is 14.6 Å². The molecule has 2 aromatic rings. The fraction of sp³-hybridized carbons (Fsp3) is 0.174. The van der Waals surface area contributed by atoms with E-state index in [2.05, 4.69) is 36.9 Å². The summed E-state index contributed by atoms with van der Waals surface area (Å²) in [5.74, 6) is -1.01. The van der Waals surface area contributed by atoms with E-state index in [9.17, 15) is 14.7 Å². The van der Waals surface area contributed by atoms with Gasteiger partial charge in [0.1, 0.15) is 22.1 Å². The van der Waals surface area contributed by atoms with Gasteiger partial charge >= 0.3 is 5.97 Å². The number of aliphatic hydroxyl groups is 1. The Balaban J connectivity index is 2.10. The Morgan fingerprint density at radius 3 is 2.59 bits per heavy atom. The number of amides is 1. The highest BCUT2D eigenvalue weighted by Gasteiger charge is 2.34. The highest BCUT2D eigenvalue weighted by atomic mass is 79.9. The van der Waals surface area contributed by atoms with Gasteiger partial charge in [0.2, 0.25) is 0 Å². The summed E-state index contributed by atoms with van der Waals surface area (Å²) in [5, 5.41) is 10.9. The largest absolute Gasteiger partial charge is 0.506 e. The van der Waals surface area contributed by atoms with Gasteiger partial charge in [0.05, 0.1) is 23.1 Å². The van der Waals surface area contributed by atoms with E-state index in [1.54, 1.807) is 38.1 Å². The minimum Gasteiger partial charge on any atom is -0.506 e. The summed E-state index contributed by atoms with van der Waals surface area (Å²) in [6.07, 6.45) is 1.66. The molecule has 1 N–H and O–H groups in total. The standard InChI is InChI=1S/C23H19Br2NO5S/c1-4-31-23(29)18-19(27)17(10-13-9-14(24)11-16(25)20(13)30-3)32-22(18)26-21(28)15-8-6-5-7-12(15)2/h5-11,27H,4H2,1-3H3/b17-10-,26-22?. The number of benzene rings is 2. The maximum atomic E-state index is 12.8. The van der Waals surface area contributed by atoms with Crippen LogP contribution in [0.4, 0.5) is 0 Å². The Morgan fingerprint density at radius 1 is 1.22 bits per heavy atom. The number of halogens is 2. The molecule has 0 saturated carbocycles. The molecule has 1 heterocycles. The predicted octanol–water partition coefficient (Wildman–Crippen LogP) is 6.23. The molecule has 2 aromatic carbocycles. The molecule has 1 amide bonds. The van der Waals surface area contributed by atoms with Crippen molar-refractivity contribution in [2.75, 3.05) is 13.7 Å². The number of aliphatic imine (C=N–C) groups is 1. The number of rotatable bonds is 5. The van der Waals surface area contributed by atoms with Crippen LogP contribution in [0.2, 0.25) is 0 Å². The first kappa shape index (κ1) is 24.3. The van der Waals surface area contributed by atoms with Crippen LogP contribution in [-0.2, 0) is 9.53 Å². The summed E-state index contributed by atoms with van der Waals surface area (Å²) in [6.45, 7) is 3.58. The molecular formula is C23H19Br2NO5S. The van der Waals surface area contributed by atoms with Crippen LogP contribution in [0, 0.1) is 6.92 Å². The van der Waals surface area contributed by atoms with Crippen LogP contribution in [-0.4, -0.2) is 35.7 Å². The van der Waals surface area contributed by atoms with Gasteiger partial charge in [0.15, 0.2) is 0 Å². The number of thioether (sulfide) groups is 1. The van der Waals surface area contributed by atoms with Crippen LogP contribution < -0.4 is 4.74 Å². The van der Waals surface area contributed by atoms with Crippen LogP contribution in [0.1, 0.15) is 28.4 Å². The van der Waals surface area contributed by atoms with Gasteiger partial charge in [-0.05, 0) is 59.6 Å². The molecule has 0 radical (unpaired) electrons. The molecule has 3 rings (SSSR count). The number of methoxy groups -OCH3 is 1. The predicted molar refractivity (Wildman–Crippen MR) is 133 cm³/mol. The normalized spacial score (nSPS) is 16.0. The molecule has 0 spiro atoms. The zero-order chi connectivity index (χ0) is 23.4. The maximum Gasteiger partial charge on any atom is 0.344 e. The second kappa shape index (κ2) is 10.5. The van der Waals surface area contributed by atoms with Gasteiger partial charge in [-0.15, -0.1) is 0 Å². The number of carbonyl (C=O) groups excluding carboxylic acids is 2. The molecule has 1 aliphatic heterocycles. The highest BCUT2D eigenvalue weighted by Crippen LogP contribution is 2.42. The zero-order valence-electron chi connectivity index (χ0n) is 17.4. The number of hydrogen-bond acceptors (Lipinski definition) is 6.